The summed E-state index contributed by atoms with van der Waals surface area (Å²) in [6.07, 6.45) is 0.128. The Hall–Kier alpha value is -4.08. The average Bonchev–Trinajstić information content (AvgIpc) is 3.48. The second-order valence-corrected chi connectivity index (χ2v) is 13.0. The number of aromatic nitrogens is 1. The Labute approximate surface area is 246 Å². The predicted octanol–water partition coefficient (Wildman–Crippen LogP) is 5.13. The second kappa shape index (κ2) is 12.0. The van der Waals surface area contributed by atoms with Crippen LogP contribution in [0.5, 0.6) is 0 Å². The maximum atomic E-state index is 13.6. The highest BCUT2D eigenvalue weighted by atomic mass is 32.2. The van der Waals surface area contributed by atoms with Gasteiger partial charge in [-0.25, -0.2) is 14.5 Å². The zero-order chi connectivity index (χ0) is 30.7. The summed E-state index contributed by atoms with van der Waals surface area (Å²) < 4.78 is 41.5. The van der Waals surface area contributed by atoms with E-state index >= 15 is 0 Å². The number of carbonyl (C=O) groups is 2. The highest BCUT2D eigenvalue weighted by Gasteiger charge is 2.68. The van der Waals surface area contributed by atoms with Gasteiger partial charge in [0.2, 0.25) is 0 Å². The van der Waals surface area contributed by atoms with Crippen LogP contribution in [0.25, 0.3) is 15.7 Å². The van der Waals surface area contributed by atoms with Crippen LogP contribution in [-0.2, 0) is 30.4 Å². The maximum Gasteiger partial charge on any atom is 0.416 e. The van der Waals surface area contributed by atoms with E-state index in [1.807, 2.05) is 55.5 Å². The first kappa shape index (κ1) is 30.9. The van der Waals surface area contributed by atoms with Gasteiger partial charge in [0.25, 0.3) is 16.7 Å². The van der Waals surface area contributed by atoms with Crippen molar-refractivity contribution in [2.45, 2.75) is 64.0 Å². The van der Waals surface area contributed by atoms with E-state index in [-0.39, 0.29) is 26.1 Å². The number of benzene rings is 2. The summed E-state index contributed by atoms with van der Waals surface area (Å²) in [6, 6.07) is 15.0. The second-order valence-electron chi connectivity index (χ2n) is 11.4. The van der Waals surface area contributed by atoms with Crippen LogP contribution in [-0.4, -0.2) is 67.2 Å². The molecule has 0 spiro atoms. The van der Waals surface area contributed by atoms with Gasteiger partial charge < -0.3 is 19.8 Å². The largest absolute Gasteiger partial charge is 0.445 e. The van der Waals surface area contributed by atoms with Crippen LogP contribution in [0.15, 0.2) is 54.7 Å². The molecule has 42 heavy (non-hydrogen) atoms. The first-order valence-corrected chi connectivity index (χ1v) is 15.4. The van der Waals surface area contributed by atoms with E-state index < -0.39 is 45.6 Å². The number of amides is 2. The highest BCUT2D eigenvalue weighted by molar-refractivity contribution is 7.86. The number of nitrogens with one attached hydrogen (secondary N) is 2. The van der Waals surface area contributed by atoms with Crippen molar-refractivity contribution in [1.29, 1.82) is 0 Å². The molecule has 0 bridgehead atoms. The standard InChI is InChI=1S/C30H36N4O7S/c1-20-12-13-22-23(17-32-25(22)16-20)24(18-33-27(35)39-19-21-10-8-7-9-11-21)30(31-5)26(41-42(6,37)38)14-15-34(30)28(36)40-29(2,3)4/h5,7-13,16-17,24,26,32H,14-15,18-19H2,1-4,6H3/p+1/t24-,26+,30-/m1/s1. The molecule has 1 aliphatic heterocycles. The summed E-state index contributed by atoms with van der Waals surface area (Å²) in [7, 11) is -4.01. The van der Waals surface area contributed by atoms with E-state index in [1.54, 1.807) is 27.0 Å². The number of aromatic amines is 1. The first-order valence-electron chi connectivity index (χ1n) is 13.6. The van der Waals surface area contributed by atoms with E-state index in [2.05, 4.69) is 15.1 Å². The van der Waals surface area contributed by atoms with E-state index in [0.29, 0.717) is 5.56 Å². The Balaban J connectivity index is 1.78. The van der Waals surface area contributed by atoms with Gasteiger partial charge in [-0.3, -0.25) is 4.18 Å². The lowest BCUT2D eigenvalue weighted by Crippen LogP contribution is -2.58. The monoisotopic (exact) mass is 597 g/mol. The van der Waals surface area contributed by atoms with Crippen LogP contribution in [0, 0.1) is 13.5 Å². The van der Waals surface area contributed by atoms with Gasteiger partial charge >= 0.3 is 17.8 Å². The Kier molecular flexibility index (Phi) is 8.84. The summed E-state index contributed by atoms with van der Waals surface area (Å²) in [5.41, 5.74) is 0.621. The van der Waals surface area contributed by atoms with Gasteiger partial charge in [-0.1, -0.05) is 47.3 Å². The Morgan fingerprint density at radius 3 is 2.57 bits per heavy atom. The molecular formula is C30H37N4O7S+. The number of H-pyrrole nitrogens is 1. The van der Waals surface area contributed by atoms with Crippen LogP contribution >= 0.6 is 0 Å². The van der Waals surface area contributed by atoms with Gasteiger partial charge in [0.15, 0.2) is 6.10 Å². The number of ether oxygens (including phenoxy) is 2. The summed E-state index contributed by atoms with van der Waals surface area (Å²) in [6.45, 7) is 13.2. The number of hydrogen-bond acceptors (Lipinski definition) is 7. The maximum absolute atomic E-state index is 13.6. The Morgan fingerprint density at radius 1 is 1.21 bits per heavy atom. The number of likely N-dealkylation sites (tertiary alicyclic amines) is 1. The number of fused-ring (bicyclic) bond motifs is 1. The molecule has 0 radical (unpaired) electrons. The molecule has 2 aromatic carbocycles. The van der Waals surface area contributed by atoms with Crippen LogP contribution in [0.1, 0.15) is 49.8 Å². The Bertz CT molecular complexity index is 1590. The van der Waals surface area contributed by atoms with Crippen LogP contribution in [0.3, 0.4) is 0 Å². The number of hydrogen-bond donors (Lipinski definition) is 2. The smallest absolute Gasteiger partial charge is 0.416 e. The third-order valence-corrected chi connectivity index (χ3v) is 7.64. The summed E-state index contributed by atoms with van der Waals surface area (Å²) in [5, 5.41) is 3.55. The van der Waals surface area contributed by atoms with Crippen LogP contribution in [0.4, 0.5) is 9.59 Å². The van der Waals surface area contributed by atoms with Gasteiger partial charge in [0.1, 0.15) is 18.1 Å². The normalized spacial score (nSPS) is 19.7. The molecular weight excluding hydrogens is 560 g/mol. The predicted molar refractivity (Wildman–Crippen MR) is 159 cm³/mol. The number of aryl methyl sites for hydroxylation is 1. The molecule has 0 unspecified atom stereocenters. The van der Waals surface area contributed by atoms with E-state index in [0.717, 1.165) is 28.3 Å². The number of alkyl carbamates (subject to hydrolysis) is 1. The van der Waals surface area contributed by atoms with Crippen molar-refractivity contribution in [2.75, 3.05) is 19.3 Å². The van der Waals surface area contributed by atoms with Gasteiger partial charge in [-0.05, 0) is 50.5 Å². The number of nitrogens with zero attached hydrogens (tertiary/aromatic N) is 2. The molecule has 0 aliphatic carbocycles. The minimum atomic E-state index is -4.01. The summed E-state index contributed by atoms with van der Waals surface area (Å²) >= 11 is 0. The minimum Gasteiger partial charge on any atom is -0.445 e. The molecule has 1 fully saturated rings. The van der Waals surface area contributed by atoms with Crippen molar-refractivity contribution < 1.29 is 31.7 Å². The average molecular weight is 598 g/mol. The van der Waals surface area contributed by atoms with Gasteiger partial charge in [-0.2, -0.15) is 8.42 Å². The van der Waals surface area contributed by atoms with Gasteiger partial charge in [-0.15, -0.1) is 0 Å². The van der Waals surface area contributed by atoms with Crippen molar-refractivity contribution in [2.24, 2.45) is 0 Å². The summed E-state index contributed by atoms with van der Waals surface area (Å²) in [4.78, 5) is 35.2. The fourth-order valence-corrected chi connectivity index (χ4v) is 6.01. The van der Waals surface area contributed by atoms with E-state index in [4.69, 9.17) is 20.2 Å². The van der Waals surface area contributed by atoms with Crippen molar-refractivity contribution in [1.82, 2.24) is 15.2 Å². The van der Waals surface area contributed by atoms with Crippen molar-refractivity contribution in [3.05, 3.63) is 76.3 Å². The molecule has 1 saturated heterocycles. The lowest BCUT2D eigenvalue weighted by Gasteiger charge is -2.35. The van der Waals surface area contributed by atoms with Gasteiger partial charge in [0, 0.05) is 36.6 Å². The molecule has 3 atom stereocenters. The fourth-order valence-electron chi connectivity index (χ4n) is 5.35. The van der Waals surface area contributed by atoms with Crippen molar-refractivity contribution >= 4 is 33.2 Å². The lowest BCUT2D eigenvalue weighted by atomic mass is 9.82. The first-order chi connectivity index (χ1) is 19.7. The van der Waals surface area contributed by atoms with Crippen LogP contribution in [0.2, 0.25) is 0 Å². The molecule has 11 nitrogen and oxygen atoms in total. The third kappa shape index (κ3) is 6.86. The molecule has 0 saturated carbocycles. The van der Waals surface area contributed by atoms with Crippen molar-refractivity contribution in [3.8, 4) is 6.57 Å². The molecule has 2 heterocycles. The lowest BCUT2D eigenvalue weighted by molar-refractivity contribution is -0.00300. The van der Waals surface area contributed by atoms with Crippen molar-refractivity contribution in [3.63, 3.8) is 0 Å². The van der Waals surface area contributed by atoms with Gasteiger partial charge in [0.05, 0.1) is 6.26 Å². The topological polar surface area (TPSA) is 131 Å². The number of rotatable bonds is 8. The zero-order valence-corrected chi connectivity index (χ0v) is 25.2. The third-order valence-electron chi connectivity index (χ3n) is 7.05. The number of carbonyl (C=O) groups excluding carboxylic acids is 2. The minimum absolute atomic E-state index is 0.0416. The molecule has 2 amide bonds. The SMILES string of the molecule is C#[N+][C@@]1([C@H](CNC(=O)OCc2ccccc2)c2c[nH]c3cc(C)ccc23)[C@@H](OS(C)(=O)=O)CCN1C(=O)OC(C)(C)C. The zero-order valence-electron chi connectivity index (χ0n) is 24.4. The molecule has 1 aliphatic rings. The molecule has 1 aromatic heterocycles. The quantitative estimate of drug-likeness (QED) is 0.344. The molecule has 12 heteroatoms. The fraction of sp³-hybridized carbons (Fsp3) is 0.433. The molecule has 224 valence electrons. The Morgan fingerprint density at radius 2 is 1.93 bits per heavy atom. The summed E-state index contributed by atoms with van der Waals surface area (Å²) in [5.74, 6) is -0.884. The highest BCUT2D eigenvalue weighted by Crippen LogP contribution is 2.47. The van der Waals surface area contributed by atoms with E-state index in [1.165, 1.54) is 4.90 Å². The molecule has 3 aromatic rings. The molecule has 4 rings (SSSR count). The van der Waals surface area contributed by atoms with E-state index in [9.17, 15) is 18.0 Å². The molecule has 2 N–H and O–H groups in total. The van der Waals surface area contributed by atoms with Crippen LogP contribution < -0.4 is 5.32 Å².